The van der Waals surface area contributed by atoms with Gasteiger partial charge in [-0.2, -0.15) is 0 Å². The Hall–Kier alpha value is -1.01. The van der Waals surface area contributed by atoms with Crippen LogP contribution >= 0.6 is 11.8 Å². The predicted octanol–water partition coefficient (Wildman–Crippen LogP) is 2.53. The highest BCUT2D eigenvalue weighted by molar-refractivity contribution is 8.00. The number of thioether (sulfide) groups is 1. The quantitative estimate of drug-likeness (QED) is 0.900. The molecule has 0 bridgehead atoms. The van der Waals surface area contributed by atoms with Crippen molar-refractivity contribution in [1.29, 1.82) is 0 Å². The third kappa shape index (κ3) is 4.24. The first kappa shape index (κ1) is 14.4. The number of nitrogens with one attached hydrogen (secondary N) is 1. The molecular weight excluding hydrogens is 264 g/mol. The van der Waals surface area contributed by atoms with Gasteiger partial charge in [0.05, 0.1) is 11.9 Å². The van der Waals surface area contributed by atoms with Crippen LogP contribution in [0, 0.1) is 13.8 Å². The third-order valence-corrected chi connectivity index (χ3v) is 4.30. The van der Waals surface area contributed by atoms with Gasteiger partial charge < -0.3 is 14.6 Å². The summed E-state index contributed by atoms with van der Waals surface area (Å²) in [4.78, 5) is 11.8. The molecule has 1 atom stereocenters. The summed E-state index contributed by atoms with van der Waals surface area (Å²) in [6.07, 6.45) is 3.81. The molecule has 1 amide bonds. The van der Waals surface area contributed by atoms with E-state index in [4.69, 9.17) is 9.26 Å². The van der Waals surface area contributed by atoms with Gasteiger partial charge in [-0.3, -0.25) is 4.79 Å². The van der Waals surface area contributed by atoms with Crippen molar-refractivity contribution in [2.75, 3.05) is 23.4 Å². The number of carbonyl (C=O) groups is 1. The van der Waals surface area contributed by atoms with Crippen molar-refractivity contribution in [3.8, 4) is 0 Å². The lowest BCUT2D eigenvalue weighted by Gasteiger charge is -2.21. The molecule has 1 aliphatic heterocycles. The number of aromatic nitrogens is 1. The Morgan fingerprint density at radius 2 is 2.32 bits per heavy atom. The number of amides is 1. The summed E-state index contributed by atoms with van der Waals surface area (Å²) >= 11 is 1.60. The zero-order chi connectivity index (χ0) is 13.7. The molecule has 0 radical (unpaired) electrons. The molecule has 1 fully saturated rings. The Balaban J connectivity index is 1.68. The van der Waals surface area contributed by atoms with Crippen LogP contribution in [0.5, 0.6) is 0 Å². The number of aryl methyl sites for hydroxylation is 1. The van der Waals surface area contributed by atoms with E-state index in [0.29, 0.717) is 17.7 Å². The Labute approximate surface area is 117 Å². The van der Waals surface area contributed by atoms with Gasteiger partial charge in [-0.25, -0.2) is 0 Å². The van der Waals surface area contributed by atoms with Crippen LogP contribution in [-0.4, -0.2) is 35.3 Å². The zero-order valence-electron chi connectivity index (χ0n) is 11.4. The van der Waals surface area contributed by atoms with Crippen molar-refractivity contribution in [3.05, 3.63) is 11.3 Å². The number of ether oxygens (including phenoxy) is 1. The summed E-state index contributed by atoms with van der Waals surface area (Å²) in [5.41, 5.74) is 0.883. The van der Waals surface area contributed by atoms with Gasteiger partial charge in [0.15, 0.2) is 5.82 Å². The lowest BCUT2D eigenvalue weighted by atomic mass is 10.1. The van der Waals surface area contributed by atoms with Crippen LogP contribution in [0.2, 0.25) is 0 Å². The van der Waals surface area contributed by atoms with E-state index in [0.717, 1.165) is 36.5 Å². The monoisotopic (exact) mass is 284 g/mol. The van der Waals surface area contributed by atoms with Gasteiger partial charge in [0.1, 0.15) is 5.76 Å². The molecule has 5 nitrogen and oxygen atoms in total. The molecule has 0 aromatic carbocycles. The van der Waals surface area contributed by atoms with Crippen LogP contribution in [0.1, 0.15) is 30.6 Å². The second kappa shape index (κ2) is 6.96. The molecule has 1 saturated heterocycles. The van der Waals surface area contributed by atoms with Crippen molar-refractivity contribution in [2.45, 2.75) is 39.2 Å². The maximum atomic E-state index is 11.8. The minimum Gasteiger partial charge on any atom is -0.377 e. The summed E-state index contributed by atoms with van der Waals surface area (Å²) in [7, 11) is 0. The zero-order valence-corrected chi connectivity index (χ0v) is 12.2. The largest absolute Gasteiger partial charge is 0.377 e. The number of nitrogens with zero attached hydrogens (tertiary/aromatic N) is 1. The molecule has 1 aliphatic rings. The molecule has 2 heterocycles. The molecular formula is C13H20N2O3S. The molecule has 2 rings (SSSR count). The van der Waals surface area contributed by atoms with Gasteiger partial charge in [0.25, 0.3) is 0 Å². The second-order valence-corrected chi connectivity index (χ2v) is 5.79. The fourth-order valence-corrected chi connectivity index (χ4v) is 2.83. The van der Waals surface area contributed by atoms with E-state index in [-0.39, 0.29) is 5.91 Å². The average molecular weight is 284 g/mol. The highest BCUT2D eigenvalue weighted by Gasteiger charge is 2.15. The van der Waals surface area contributed by atoms with Gasteiger partial charge in [0, 0.05) is 17.9 Å². The Bertz CT molecular complexity index is 428. The third-order valence-electron chi connectivity index (χ3n) is 3.23. The first-order valence-electron chi connectivity index (χ1n) is 6.59. The summed E-state index contributed by atoms with van der Waals surface area (Å²) in [5.74, 6) is 2.52. The van der Waals surface area contributed by atoms with E-state index < -0.39 is 0 Å². The normalized spacial score (nSPS) is 19.4. The first-order valence-corrected chi connectivity index (χ1v) is 7.74. The molecule has 0 spiro atoms. The molecule has 1 N–H and O–H groups in total. The van der Waals surface area contributed by atoms with Crippen LogP contribution in [-0.2, 0) is 9.53 Å². The predicted molar refractivity (Wildman–Crippen MR) is 75.5 cm³/mol. The summed E-state index contributed by atoms with van der Waals surface area (Å²) in [6.45, 7) is 4.56. The average Bonchev–Trinajstić information content (AvgIpc) is 2.72. The van der Waals surface area contributed by atoms with Gasteiger partial charge in [-0.15, -0.1) is 11.8 Å². The Morgan fingerprint density at radius 1 is 1.47 bits per heavy atom. The summed E-state index contributed by atoms with van der Waals surface area (Å²) in [6, 6.07) is 0. The maximum absolute atomic E-state index is 11.8. The van der Waals surface area contributed by atoms with Gasteiger partial charge in [-0.1, -0.05) is 5.16 Å². The minimum absolute atomic E-state index is 0.0443. The van der Waals surface area contributed by atoms with E-state index in [1.807, 2.05) is 13.8 Å². The number of hydrogen-bond donors (Lipinski definition) is 1. The second-order valence-electron chi connectivity index (χ2n) is 4.76. The van der Waals surface area contributed by atoms with Crippen molar-refractivity contribution in [2.24, 2.45) is 0 Å². The SMILES string of the molecule is Cc1onc(NC(=O)CSCC2CCCCO2)c1C. The van der Waals surface area contributed by atoms with Gasteiger partial charge in [0.2, 0.25) is 5.91 Å². The molecule has 0 aliphatic carbocycles. The highest BCUT2D eigenvalue weighted by atomic mass is 32.2. The van der Waals surface area contributed by atoms with E-state index >= 15 is 0 Å². The maximum Gasteiger partial charge on any atom is 0.235 e. The van der Waals surface area contributed by atoms with Crippen LogP contribution in [0.3, 0.4) is 0 Å². The lowest BCUT2D eigenvalue weighted by Crippen LogP contribution is -2.23. The molecule has 1 unspecified atom stereocenters. The van der Waals surface area contributed by atoms with Crippen LogP contribution < -0.4 is 5.32 Å². The summed E-state index contributed by atoms with van der Waals surface area (Å²) < 4.78 is 10.6. The first-order chi connectivity index (χ1) is 9.16. The molecule has 1 aromatic rings. The highest BCUT2D eigenvalue weighted by Crippen LogP contribution is 2.19. The fourth-order valence-electron chi connectivity index (χ4n) is 1.92. The topological polar surface area (TPSA) is 64.4 Å². The van der Waals surface area contributed by atoms with E-state index in [9.17, 15) is 4.79 Å². The van der Waals surface area contributed by atoms with Gasteiger partial charge in [-0.05, 0) is 33.1 Å². The number of rotatable bonds is 5. The van der Waals surface area contributed by atoms with Crippen molar-refractivity contribution >= 4 is 23.5 Å². The smallest absolute Gasteiger partial charge is 0.235 e. The molecule has 19 heavy (non-hydrogen) atoms. The van der Waals surface area contributed by atoms with Gasteiger partial charge >= 0.3 is 0 Å². The van der Waals surface area contributed by atoms with Crippen LogP contribution in [0.15, 0.2) is 4.52 Å². The van der Waals surface area contributed by atoms with Crippen molar-refractivity contribution in [1.82, 2.24) is 5.16 Å². The van der Waals surface area contributed by atoms with Crippen LogP contribution in [0.4, 0.5) is 5.82 Å². The molecule has 0 saturated carbocycles. The van der Waals surface area contributed by atoms with Crippen molar-refractivity contribution in [3.63, 3.8) is 0 Å². The standard InChI is InChI=1S/C13H20N2O3S/c1-9-10(2)18-15-13(9)14-12(16)8-19-7-11-5-3-4-6-17-11/h11H,3-8H2,1-2H3,(H,14,15,16). The molecule has 106 valence electrons. The minimum atomic E-state index is -0.0443. The number of anilines is 1. The van der Waals surface area contributed by atoms with E-state index in [1.54, 1.807) is 11.8 Å². The molecule has 6 heteroatoms. The van der Waals surface area contributed by atoms with Crippen LogP contribution in [0.25, 0.3) is 0 Å². The van der Waals surface area contributed by atoms with E-state index in [1.165, 1.54) is 6.42 Å². The Morgan fingerprint density at radius 3 is 2.95 bits per heavy atom. The summed E-state index contributed by atoms with van der Waals surface area (Å²) in [5, 5.41) is 6.58. The van der Waals surface area contributed by atoms with E-state index in [2.05, 4.69) is 10.5 Å². The number of hydrogen-bond acceptors (Lipinski definition) is 5. The molecule has 1 aromatic heterocycles. The fraction of sp³-hybridized carbons (Fsp3) is 0.692. The van der Waals surface area contributed by atoms with Crippen molar-refractivity contribution < 1.29 is 14.1 Å². The number of carbonyl (C=O) groups excluding carboxylic acids is 1. The lowest BCUT2D eigenvalue weighted by molar-refractivity contribution is -0.113. The Kier molecular flexibility index (Phi) is 5.27.